The lowest BCUT2D eigenvalue weighted by Gasteiger charge is -2.54. The molecule has 0 saturated carbocycles. The molecular formula is C16H24Si. The van der Waals surface area contributed by atoms with Gasteiger partial charge in [-0.1, -0.05) is 48.1 Å². The van der Waals surface area contributed by atoms with E-state index in [1.807, 2.05) is 0 Å². The molecule has 0 spiro atoms. The standard InChI is InChI=1S/C16H24Si/c1-11-14(4,5)17(10,15(6,7)12-2)16(8,9)13-3/h1-3H,4-10H3. The summed E-state index contributed by atoms with van der Waals surface area (Å²) in [6.07, 6.45) is 17.2. The van der Waals surface area contributed by atoms with Gasteiger partial charge in [0, 0.05) is 15.1 Å². The highest BCUT2D eigenvalue weighted by Crippen LogP contribution is 2.61. The smallest absolute Gasteiger partial charge is 0.108 e. The van der Waals surface area contributed by atoms with Crippen LogP contribution < -0.4 is 0 Å². The van der Waals surface area contributed by atoms with Crippen molar-refractivity contribution in [1.82, 2.24) is 0 Å². The van der Waals surface area contributed by atoms with E-state index in [4.69, 9.17) is 19.3 Å². The van der Waals surface area contributed by atoms with Crippen LogP contribution in [0.15, 0.2) is 0 Å². The highest BCUT2D eigenvalue weighted by Gasteiger charge is 2.60. The maximum absolute atomic E-state index is 5.74. The predicted molar refractivity (Wildman–Crippen MR) is 80.2 cm³/mol. The molecule has 0 aromatic heterocycles. The van der Waals surface area contributed by atoms with E-state index in [1.165, 1.54) is 0 Å². The fourth-order valence-corrected chi connectivity index (χ4v) is 8.33. The SMILES string of the molecule is C#CC(C)(C)[Si](C)(C(C)(C)C#C)C(C)(C)C#C. The first-order valence-corrected chi connectivity index (χ1v) is 8.37. The summed E-state index contributed by atoms with van der Waals surface area (Å²) in [5.74, 6) is 8.80. The Kier molecular flexibility index (Phi) is 4.01. The first-order chi connectivity index (χ1) is 7.43. The molecule has 0 aromatic rings. The van der Waals surface area contributed by atoms with Gasteiger partial charge in [-0.05, 0) is 0 Å². The van der Waals surface area contributed by atoms with Crippen molar-refractivity contribution in [2.75, 3.05) is 0 Å². The van der Waals surface area contributed by atoms with E-state index in [1.54, 1.807) is 0 Å². The van der Waals surface area contributed by atoms with Crippen LogP contribution in [0.1, 0.15) is 41.5 Å². The molecule has 0 fully saturated rings. The zero-order valence-electron chi connectivity index (χ0n) is 12.2. The summed E-state index contributed by atoms with van der Waals surface area (Å²) in [5, 5.41) is -0.754. The van der Waals surface area contributed by atoms with Crippen molar-refractivity contribution in [2.45, 2.75) is 63.2 Å². The summed E-state index contributed by atoms with van der Waals surface area (Å²) in [6, 6.07) is 0. The van der Waals surface area contributed by atoms with Gasteiger partial charge < -0.3 is 0 Å². The summed E-state index contributed by atoms with van der Waals surface area (Å²) < 4.78 is 0. The van der Waals surface area contributed by atoms with Crippen LogP contribution in [0.4, 0.5) is 0 Å². The molecule has 0 heterocycles. The van der Waals surface area contributed by atoms with Crippen LogP contribution >= 0.6 is 0 Å². The van der Waals surface area contributed by atoms with Gasteiger partial charge in [0.25, 0.3) is 0 Å². The summed E-state index contributed by atoms with van der Waals surface area (Å²) >= 11 is 0. The highest BCUT2D eigenvalue weighted by atomic mass is 28.3. The molecular weight excluding hydrogens is 220 g/mol. The van der Waals surface area contributed by atoms with Crippen LogP contribution in [-0.4, -0.2) is 8.07 Å². The van der Waals surface area contributed by atoms with Crippen LogP contribution in [0, 0.1) is 37.0 Å². The molecule has 0 N–H and O–H groups in total. The van der Waals surface area contributed by atoms with E-state index >= 15 is 0 Å². The van der Waals surface area contributed by atoms with Crippen LogP contribution in [0.3, 0.4) is 0 Å². The third-order valence-electron chi connectivity index (χ3n) is 4.83. The van der Waals surface area contributed by atoms with E-state index in [0.29, 0.717) is 0 Å². The van der Waals surface area contributed by atoms with Crippen LogP contribution in [0.2, 0.25) is 21.7 Å². The van der Waals surface area contributed by atoms with Crippen molar-refractivity contribution in [3.8, 4) is 37.0 Å². The lowest BCUT2D eigenvalue weighted by Crippen LogP contribution is -2.57. The summed E-state index contributed by atoms with van der Waals surface area (Å²) in [6.45, 7) is 14.8. The van der Waals surface area contributed by atoms with Crippen molar-refractivity contribution in [3.05, 3.63) is 0 Å². The molecule has 0 nitrogen and oxygen atoms in total. The van der Waals surface area contributed by atoms with Crippen molar-refractivity contribution in [3.63, 3.8) is 0 Å². The lowest BCUT2D eigenvalue weighted by atomic mass is 10.2. The largest absolute Gasteiger partial charge is 0.120 e. The minimum absolute atomic E-state index is 0.251. The van der Waals surface area contributed by atoms with Gasteiger partial charge in [-0.3, -0.25) is 0 Å². The van der Waals surface area contributed by atoms with E-state index in [9.17, 15) is 0 Å². The topological polar surface area (TPSA) is 0 Å². The first kappa shape index (κ1) is 15.9. The summed E-state index contributed by atoms with van der Waals surface area (Å²) in [7, 11) is -2.14. The second-order valence-corrected chi connectivity index (χ2v) is 12.4. The second-order valence-electron chi connectivity index (χ2n) is 6.43. The van der Waals surface area contributed by atoms with Gasteiger partial charge in [-0.2, -0.15) is 0 Å². The number of rotatable bonds is 3. The normalized spacial score (nSPS) is 13.4. The second kappa shape index (κ2) is 4.29. The van der Waals surface area contributed by atoms with E-state index in [-0.39, 0.29) is 15.1 Å². The Bertz CT molecular complexity index is 351. The Hall–Kier alpha value is -1.10. The fourth-order valence-electron chi connectivity index (χ4n) is 2.78. The van der Waals surface area contributed by atoms with Gasteiger partial charge in [-0.25, -0.2) is 0 Å². The van der Waals surface area contributed by atoms with Gasteiger partial charge >= 0.3 is 0 Å². The Balaban J connectivity index is 6.25. The lowest BCUT2D eigenvalue weighted by molar-refractivity contribution is 0.649. The highest BCUT2D eigenvalue weighted by molar-refractivity contribution is 6.88. The molecule has 1 heteroatoms. The Labute approximate surface area is 109 Å². The monoisotopic (exact) mass is 244 g/mol. The average molecular weight is 244 g/mol. The Morgan fingerprint density at radius 2 is 0.824 bits per heavy atom. The Morgan fingerprint density at radius 1 is 0.647 bits per heavy atom. The molecule has 0 radical (unpaired) electrons. The van der Waals surface area contributed by atoms with Crippen molar-refractivity contribution in [1.29, 1.82) is 0 Å². The van der Waals surface area contributed by atoms with E-state index in [0.717, 1.165) is 0 Å². The minimum Gasteiger partial charge on any atom is -0.120 e. The van der Waals surface area contributed by atoms with Gasteiger partial charge in [-0.15, -0.1) is 37.0 Å². The number of terminal acetylenes is 3. The summed E-state index contributed by atoms with van der Waals surface area (Å²) in [4.78, 5) is 0. The van der Waals surface area contributed by atoms with Gasteiger partial charge in [0.2, 0.25) is 0 Å². The van der Waals surface area contributed by atoms with Gasteiger partial charge in [0.15, 0.2) is 0 Å². The molecule has 0 aliphatic heterocycles. The van der Waals surface area contributed by atoms with Crippen molar-refractivity contribution in [2.24, 2.45) is 0 Å². The van der Waals surface area contributed by atoms with Crippen LogP contribution in [0.5, 0.6) is 0 Å². The first-order valence-electron chi connectivity index (χ1n) is 5.87. The predicted octanol–water partition coefficient (Wildman–Crippen LogP) is 4.31. The van der Waals surface area contributed by atoms with E-state index in [2.05, 4.69) is 65.9 Å². The molecule has 0 aliphatic rings. The molecule has 92 valence electrons. The average Bonchev–Trinajstić information content (AvgIpc) is 2.27. The van der Waals surface area contributed by atoms with Crippen LogP contribution in [-0.2, 0) is 0 Å². The zero-order valence-corrected chi connectivity index (χ0v) is 13.2. The molecule has 0 rings (SSSR count). The molecule has 0 bridgehead atoms. The molecule has 0 aromatic carbocycles. The molecule has 0 atom stereocenters. The molecule has 0 amide bonds. The maximum atomic E-state index is 5.74. The van der Waals surface area contributed by atoms with Crippen LogP contribution in [0.25, 0.3) is 0 Å². The third-order valence-corrected chi connectivity index (χ3v) is 12.8. The number of hydrogen-bond acceptors (Lipinski definition) is 0. The fraction of sp³-hybridized carbons (Fsp3) is 0.625. The zero-order chi connectivity index (χ0) is 14.1. The van der Waals surface area contributed by atoms with Gasteiger partial charge in [0.1, 0.15) is 8.07 Å². The molecule has 0 unspecified atom stereocenters. The molecule has 0 saturated heterocycles. The maximum Gasteiger partial charge on any atom is 0.108 e. The third kappa shape index (κ3) is 2.03. The van der Waals surface area contributed by atoms with E-state index < -0.39 is 8.07 Å². The van der Waals surface area contributed by atoms with Crippen molar-refractivity contribution < 1.29 is 0 Å². The minimum atomic E-state index is -2.14. The molecule has 17 heavy (non-hydrogen) atoms. The summed E-state index contributed by atoms with van der Waals surface area (Å²) in [5.41, 5.74) is 0. The quantitative estimate of drug-likeness (QED) is 0.513. The van der Waals surface area contributed by atoms with Crippen molar-refractivity contribution >= 4 is 8.07 Å². The molecule has 0 aliphatic carbocycles. The number of hydrogen-bond donors (Lipinski definition) is 0. The van der Waals surface area contributed by atoms with Gasteiger partial charge in [0.05, 0.1) is 0 Å². The Morgan fingerprint density at radius 3 is 0.941 bits per heavy atom.